The van der Waals surface area contributed by atoms with Crippen LogP contribution >= 0.6 is 0 Å². The van der Waals surface area contributed by atoms with Crippen LogP contribution in [0.3, 0.4) is 0 Å². The Balaban J connectivity index is 0.000000192. The van der Waals surface area contributed by atoms with E-state index < -0.39 is 11.9 Å². The molecule has 3 aromatic rings. The molecule has 0 unspecified atom stereocenters. The average Bonchev–Trinajstić information content (AvgIpc) is 2.51. The molecule has 5 nitrogen and oxygen atoms in total. The standard InChI is InChI=1S/C13H9N.C4H4O4/c1-3-7-12-10(5-1)9-11-6-2-4-8-13(11)14-12;5-3(6)1-2-4(7)8/h1-9H;1-2H,(H,5,6)(H,7,8). The molecule has 0 aliphatic rings. The summed E-state index contributed by atoms with van der Waals surface area (Å²) in [7, 11) is 0. The van der Waals surface area contributed by atoms with Crippen molar-refractivity contribution in [2.75, 3.05) is 0 Å². The van der Waals surface area contributed by atoms with Crippen molar-refractivity contribution in [3.63, 3.8) is 0 Å². The predicted octanol–water partition coefficient (Wildman–Crippen LogP) is 3.10. The van der Waals surface area contributed by atoms with Crippen LogP contribution in [-0.2, 0) is 9.59 Å². The number of hydrogen-bond donors (Lipinski definition) is 2. The molecule has 0 saturated heterocycles. The summed E-state index contributed by atoms with van der Waals surface area (Å²) in [6, 6.07) is 18.6. The van der Waals surface area contributed by atoms with Crippen LogP contribution in [0, 0.1) is 0 Å². The fourth-order valence-electron chi connectivity index (χ4n) is 1.86. The average molecular weight is 295 g/mol. The summed E-state index contributed by atoms with van der Waals surface area (Å²) in [5.41, 5.74) is 2.12. The zero-order valence-corrected chi connectivity index (χ0v) is 11.5. The van der Waals surface area contributed by atoms with Crippen molar-refractivity contribution < 1.29 is 19.8 Å². The van der Waals surface area contributed by atoms with E-state index in [4.69, 9.17) is 10.2 Å². The van der Waals surface area contributed by atoms with Crippen molar-refractivity contribution in [1.82, 2.24) is 4.98 Å². The molecule has 110 valence electrons. The van der Waals surface area contributed by atoms with Gasteiger partial charge in [0.2, 0.25) is 0 Å². The van der Waals surface area contributed by atoms with Gasteiger partial charge < -0.3 is 10.2 Å². The molecular weight excluding hydrogens is 282 g/mol. The van der Waals surface area contributed by atoms with Crippen molar-refractivity contribution in [2.24, 2.45) is 0 Å². The minimum absolute atomic E-state index is 0.558. The van der Waals surface area contributed by atoms with Gasteiger partial charge in [0, 0.05) is 22.9 Å². The first-order chi connectivity index (χ1) is 10.6. The second kappa shape index (κ2) is 6.99. The second-order valence-electron chi connectivity index (χ2n) is 4.38. The fourth-order valence-corrected chi connectivity index (χ4v) is 1.86. The molecule has 1 heterocycles. The largest absolute Gasteiger partial charge is 0.478 e. The molecule has 22 heavy (non-hydrogen) atoms. The Morgan fingerprint density at radius 2 is 1.18 bits per heavy atom. The van der Waals surface area contributed by atoms with Crippen LogP contribution in [0.25, 0.3) is 21.8 Å². The number of aliphatic carboxylic acids is 2. The van der Waals surface area contributed by atoms with Crippen LogP contribution in [0.15, 0.2) is 66.7 Å². The Morgan fingerprint density at radius 3 is 1.59 bits per heavy atom. The van der Waals surface area contributed by atoms with Gasteiger partial charge in [0.15, 0.2) is 0 Å². The lowest BCUT2D eigenvalue weighted by atomic mass is 10.1. The van der Waals surface area contributed by atoms with Crippen LogP contribution in [0.2, 0.25) is 0 Å². The van der Waals surface area contributed by atoms with Crippen molar-refractivity contribution in [1.29, 1.82) is 0 Å². The molecule has 1 aromatic heterocycles. The van der Waals surface area contributed by atoms with Gasteiger partial charge in [-0.2, -0.15) is 0 Å². The van der Waals surface area contributed by atoms with Gasteiger partial charge in [0.1, 0.15) is 0 Å². The van der Waals surface area contributed by atoms with Gasteiger partial charge in [0.05, 0.1) is 11.0 Å². The summed E-state index contributed by atoms with van der Waals surface area (Å²) >= 11 is 0. The number of carbonyl (C=O) groups is 2. The van der Waals surface area contributed by atoms with Gasteiger partial charge in [-0.1, -0.05) is 36.4 Å². The van der Waals surface area contributed by atoms with E-state index in [1.54, 1.807) is 0 Å². The van der Waals surface area contributed by atoms with E-state index in [0.29, 0.717) is 12.2 Å². The highest BCUT2D eigenvalue weighted by molar-refractivity contribution is 5.92. The van der Waals surface area contributed by atoms with Crippen molar-refractivity contribution in [3.8, 4) is 0 Å². The first-order valence-electron chi connectivity index (χ1n) is 6.45. The minimum atomic E-state index is -1.26. The van der Waals surface area contributed by atoms with Crippen molar-refractivity contribution >= 4 is 33.7 Å². The van der Waals surface area contributed by atoms with E-state index in [-0.39, 0.29) is 0 Å². The topological polar surface area (TPSA) is 87.5 Å². The summed E-state index contributed by atoms with van der Waals surface area (Å²) < 4.78 is 0. The van der Waals surface area contributed by atoms with Gasteiger partial charge >= 0.3 is 11.9 Å². The summed E-state index contributed by atoms with van der Waals surface area (Å²) in [5.74, 6) is -2.51. The molecule has 0 aliphatic heterocycles. The van der Waals surface area contributed by atoms with E-state index in [0.717, 1.165) is 11.0 Å². The summed E-state index contributed by atoms with van der Waals surface area (Å²) in [5, 5.41) is 18.0. The lowest BCUT2D eigenvalue weighted by molar-refractivity contribution is -0.134. The second-order valence-corrected chi connectivity index (χ2v) is 4.38. The van der Waals surface area contributed by atoms with Crippen molar-refractivity contribution in [3.05, 3.63) is 66.7 Å². The summed E-state index contributed by atoms with van der Waals surface area (Å²) in [6.45, 7) is 0. The molecule has 0 aliphatic carbocycles. The zero-order chi connectivity index (χ0) is 15.9. The number of carboxylic acids is 2. The molecular formula is C17H13NO4. The van der Waals surface area contributed by atoms with Gasteiger partial charge in [-0.15, -0.1) is 0 Å². The Kier molecular flexibility index (Phi) is 4.82. The predicted molar refractivity (Wildman–Crippen MR) is 83.7 cm³/mol. The number of hydrogen-bond acceptors (Lipinski definition) is 3. The number of aromatic nitrogens is 1. The molecule has 2 N–H and O–H groups in total. The van der Waals surface area contributed by atoms with Gasteiger partial charge in [-0.05, 0) is 18.2 Å². The van der Waals surface area contributed by atoms with Crippen LogP contribution in [0.5, 0.6) is 0 Å². The summed E-state index contributed by atoms with van der Waals surface area (Å²) in [6.07, 6.45) is 1.12. The molecule has 3 rings (SSSR count). The maximum absolute atomic E-state index is 9.55. The van der Waals surface area contributed by atoms with Gasteiger partial charge in [-0.3, -0.25) is 0 Å². The minimum Gasteiger partial charge on any atom is -0.478 e. The molecule has 0 amide bonds. The number of carboxylic acid groups (broad SMARTS) is 2. The number of fused-ring (bicyclic) bond motifs is 2. The number of para-hydroxylation sites is 2. The third-order valence-electron chi connectivity index (χ3n) is 2.79. The number of benzene rings is 2. The van der Waals surface area contributed by atoms with Gasteiger partial charge in [-0.25, -0.2) is 14.6 Å². The highest BCUT2D eigenvalue weighted by Gasteiger charge is 1.96. The summed E-state index contributed by atoms with van der Waals surface area (Å²) in [4.78, 5) is 23.7. The Morgan fingerprint density at radius 1 is 0.773 bits per heavy atom. The maximum atomic E-state index is 9.55. The van der Waals surface area contributed by atoms with Crippen LogP contribution in [0.1, 0.15) is 0 Å². The molecule has 5 heteroatoms. The number of pyridine rings is 1. The van der Waals surface area contributed by atoms with Crippen molar-refractivity contribution in [2.45, 2.75) is 0 Å². The smallest absolute Gasteiger partial charge is 0.328 e. The monoisotopic (exact) mass is 295 g/mol. The Labute approximate surface area is 126 Å². The van der Waals surface area contributed by atoms with Crippen LogP contribution in [0.4, 0.5) is 0 Å². The highest BCUT2D eigenvalue weighted by Crippen LogP contribution is 2.18. The normalized spacial score (nSPS) is 10.4. The van der Waals surface area contributed by atoms with E-state index in [1.165, 1.54) is 10.8 Å². The van der Waals surface area contributed by atoms with E-state index in [9.17, 15) is 9.59 Å². The lowest BCUT2D eigenvalue weighted by Crippen LogP contribution is -1.91. The maximum Gasteiger partial charge on any atom is 0.328 e. The molecule has 0 spiro atoms. The molecule has 0 saturated carbocycles. The van der Waals surface area contributed by atoms with E-state index >= 15 is 0 Å². The molecule has 0 fully saturated rings. The lowest BCUT2D eigenvalue weighted by Gasteiger charge is -1.99. The Hall–Kier alpha value is -3.21. The Bertz CT molecular complexity index is 734. The highest BCUT2D eigenvalue weighted by atomic mass is 16.4. The van der Waals surface area contributed by atoms with Crippen LogP contribution in [-0.4, -0.2) is 27.1 Å². The third-order valence-corrected chi connectivity index (χ3v) is 2.79. The van der Waals surface area contributed by atoms with E-state index in [1.807, 2.05) is 36.4 Å². The zero-order valence-electron chi connectivity index (χ0n) is 11.5. The number of nitrogens with zero attached hydrogens (tertiary/aromatic N) is 1. The fraction of sp³-hybridized carbons (Fsp3) is 0. The third kappa shape index (κ3) is 4.14. The molecule has 2 aromatic carbocycles. The first-order valence-corrected chi connectivity index (χ1v) is 6.45. The first kappa shape index (κ1) is 15.2. The molecule has 0 bridgehead atoms. The van der Waals surface area contributed by atoms with E-state index in [2.05, 4.69) is 23.2 Å². The number of rotatable bonds is 2. The quantitative estimate of drug-likeness (QED) is 0.560. The SMILES string of the molecule is O=C(O)C=CC(=O)O.c1ccc2nc3ccccc3cc2c1. The van der Waals surface area contributed by atoms with Crippen LogP contribution < -0.4 is 0 Å². The molecule has 0 atom stereocenters. The van der Waals surface area contributed by atoms with Gasteiger partial charge in [0.25, 0.3) is 0 Å². The molecule has 0 radical (unpaired) electrons.